The zero-order valence-corrected chi connectivity index (χ0v) is 10.6. The van der Waals surface area contributed by atoms with Crippen LogP contribution in [0.5, 0.6) is 0 Å². The van der Waals surface area contributed by atoms with Gasteiger partial charge < -0.3 is 10.6 Å². The molecule has 0 saturated heterocycles. The number of hydrogen-bond donors (Lipinski definition) is 2. The zero-order chi connectivity index (χ0) is 12.6. The third-order valence-corrected chi connectivity index (χ3v) is 3.26. The maximum atomic E-state index is 11.6. The summed E-state index contributed by atoms with van der Waals surface area (Å²) in [5, 5.41) is 13.8. The molecule has 0 aliphatic heterocycles. The number of carbonyl (C=O) groups is 1. The first-order chi connectivity index (χ1) is 8.84. The SMILES string of the molecule is O=C(CNC1CCCC1)NCCCn1ccnn1. The fourth-order valence-electron chi connectivity index (χ4n) is 2.25. The fraction of sp³-hybridized carbons (Fsp3) is 0.750. The van der Waals surface area contributed by atoms with Crippen LogP contribution in [0, 0.1) is 0 Å². The Balaban J connectivity index is 1.49. The van der Waals surface area contributed by atoms with Crippen molar-refractivity contribution in [3.05, 3.63) is 12.4 Å². The van der Waals surface area contributed by atoms with Gasteiger partial charge in [-0.15, -0.1) is 5.10 Å². The van der Waals surface area contributed by atoms with Gasteiger partial charge in [0.15, 0.2) is 0 Å². The molecule has 100 valence electrons. The van der Waals surface area contributed by atoms with E-state index in [0.717, 1.165) is 13.0 Å². The van der Waals surface area contributed by atoms with Crippen LogP contribution in [0.4, 0.5) is 0 Å². The molecule has 1 heterocycles. The van der Waals surface area contributed by atoms with E-state index in [9.17, 15) is 4.79 Å². The van der Waals surface area contributed by atoms with Crippen LogP contribution in [0.1, 0.15) is 32.1 Å². The van der Waals surface area contributed by atoms with Crippen LogP contribution in [0.15, 0.2) is 12.4 Å². The van der Waals surface area contributed by atoms with Crippen molar-refractivity contribution < 1.29 is 4.79 Å². The van der Waals surface area contributed by atoms with E-state index in [4.69, 9.17) is 0 Å². The van der Waals surface area contributed by atoms with Crippen molar-refractivity contribution in [2.75, 3.05) is 13.1 Å². The van der Waals surface area contributed by atoms with Crippen molar-refractivity contribution in [1.29, 1.82) is 0 Å². The van der Waals surface area contributed by atoms with Gasteiger partial charge in [-0.3, -0.25) is 9.48 Å². The Kier molecular flexibility index (Phi) is 5.14. The number of carbonyl (C=O) groups excluding carboxylic acids is 1. The molecule has 0 radical (unpaired) electrons. The van der Waals surface area contributed by atoms with Gasteiger partial charge in [0.2, 0.25) is 5.91 Å². The Hall–Kier alpha value is -1.43. The van der Waals surface area contributed by atoms with E-state index in [1.807, 2.05) is 6.20 Å². The highest BCUT2D eigenvalue weighted by molar-refractivity contribution is 5.77. The minimum Gasteiger partial charge on any atom is -0.355 e. The number of nitrogens with zero attached hydrogens (tertiary/aromatic N) is 3. The number of amides is 1. The van der Waals surface area contributed by atoms with E-state index in [-0.39, 0.29) is 5.91 Å². The van der Waals surface area contributed by atoms with E-state index >= 15 is 0 Å². The molecule has 6 heteroatoms. The molecule has 0 bridgehead atoms. The van der Waals surface area contributed by atoms with E-state index in [1.54, 1.807) is 10.9 Å². The fourth-order valence-corrected chi connectivity index (χ4v) is 2.25. The summed E-state index contributed by atoms with van der Waals surface area (Å²) in [7, 11) is 0. The Bertz CT molecular complexity index is 345. The van der Waals surface area contributed by atoms with Gasteiger partial charge in [-0.25, -0.2) is 0 Å². The summed E-state index contributed by atoms with van der Waals surface area (Å²) in [6.07, 6.45) is 9.35. The number of rotatable bonds is 7. The van der Waals surface area contributed by atoms with Crippen molar-refractivity contribution in [3.8, 4) is 0 Å². The summed E-state index contributed by atoms with van der Waals surface area (Å²) < 4.78 is 1.77. The number of nitrogens with one attached hydrogen (secondary N) is 2. The highest BCUT2D eigenvalue weighted by Crippen LogP contribution is 2.17. The van der Waals surface area contributed by atoms with Crippen molar-refractivity contribution >= 4 is 5.91 Å². The first-order valence-corrected chi connectivity index (χ1v) is 6.69. The van der Waals surface area contributed by atoms with Crippen LogP contribution in [-0.4, -0.2) is 40.0 Å². The van der Waals surface area contributed by atoms with Gasteiger partial charge in [-0.2, -0.15) is 0 Å². The van der Waals surface area contributed by atoms with E-state index in [0.29, 0.717) is 19.1 Å². The van der Waals surface area contributed by atoms with Gasteiger partial charge in [0.1, 0.15) is 0 Å². The third-order valence-electron chi connectivity index (χ3n) is 3.26. The molecule has 1 fully saturated rings. The molecule has 1 amide bonds. The molecule has 2 N–H and O–H groups in total. The average Bonchev–Trinajstić information content (AvgIpc) is 3.04. The Morgan fingerprint density at radius 2 is 2.22 bits per heavy atom. The molecule has 2 rings (SSSR count). The largest absolute Gasteiger partial charge is 0.355 e. The third kappa shape index (κ3) is 4.44. The number of aryl methyl sites for hydroxylation is 1. The molecule has 1 saturated carbocycles. The molecule has 0 atom stereocenters. The Morgan fingerprint density at radius 1 is 1.39 bits per heavy atom. The van der Waals surface area contributed by atoms with Gasteiger partial charge in [-0.1, -0.05) is 18.1 Å². The van der Waals surface area contributed by atoms with Crippen LogP contribution < -0.4 is 10.6 Å². The molecule has 1 aliphatic rings. The summed E-state index contributed by atoms with van der Waals surface area (Å²) in [5.74, 6) is 0.0838. The van der Waals surface area contributed by atoms with E-state index in [2.05, 4.69) is 20.9 Å². The zero-order valence-electron chi connectivity index (χ0n) is 10.6. The smallest absolute Gasteiger partial charge is 0.233 e. The van der Waals surface area contributed by atoms with Crippen LogP contribution in [-0.2, 0) is 11.3 Å². The second kappa shape index (κ2) is 7.10. The monoisotopic (exact) mass is 251 g/mol. The maximum Gasteiger partial charge on any atom is 0.233 e. The Labute approximate surface area is 107 Å². The molecule has 0 aromatic carbocycles. The number of hydrogen-bond acceptors (Lipinski definition) is 4. The van der Waals surface area contributed by atoms with Gasteiger partial charge in [0.05, 0.1) is 12.7 Å². The molecule has 0 unspecified atom stereocenters. The molecule has 1 aromatic rings. The van der Waals surface area contributed by atoms with Crippen molar-refractivity contribution in [2.24, 2.45) is 0 Å². The molecule has 1 aromatic heterocycles. The highest BCUT2D eigenvalue weighted by atomic mass is 16.1. The van der Waals surface area contributed by atoms with Crippen LogP contribution in [0.25, 0.3) is 0 Å². The summed E-state index contributed by atoms with van der Waals surface area (Å²) in [6, 6.07) is 0.547. The predicted octanol–water partition coefficient (Wildman–Crippen LogP) is 0.317. The van der Waals surface area contributed by atoms with Crippen molar-refractivity contribution in [3.63, 3.8) is 0 Å². The van der Waals surface area contributed by atoms with Crippen LogP contribution in [0.2, 0.25) is 0 Å². The molecule has 1 aliphatic carbocycles. The van der Waals surface area contributed by atoms with Gasteiger partial charge in [0.25, 0.3) is 0 Å². The maximum absolute atomic E-state index is 11.6. The van der Waals surface area contributed by atoms with Gasteiger partial charge in [0, 0.05) is 25.3 Å². The van der Waals surface area contributed by atoms with E-state index < -0.39 is 0 Å². The number of aromatic nitrogens is 3. The molecule has 6 nitrogen and oxygen atoms in total. The van der Waals surface area contributed by atoms with Gasteiger partial charge >= 0.3 is 0 Å². The normalized spacial score (nSPS) is 16.0. The minimum atomic E-state index is 0.0838. The molecular formula is C12H21N5O. The second-order valence-corrected chi connectivity index (χ2v) is 4.73. The van der Waals surface area contributed by atoms with E-state index in [1.165, 1.54) is 25.7 Å². The first-order valence-electron chi connectivity index (χ1n) is 6.69. The quantitative estimate of drug-likeness (QED) is 0.684. The second-order valence-electron chi connectivity index (χ2n) is 4.73. The molecule has 18 heavy (non-hydrogen) atoms. The first kappa shape index (κ1) is 13.0. The lowest BCUT2D eigenvalue weighted by molar-refractivity contribution is -0.120. The van der Waals surface area contributed by atoms with Crippen molar-refractivity contribution in [2.45, 2.75) is 44.7 Å². The molecular weight excluding hydrogens is 230 g/mol. The Morgan fingerprint density at radius 3 is 2.94 bits per heavy atom. The van der Waals surface area contributed by atoms with Crippen molar-refractivity contribution in [1.82, 2.24) is 25.6 Å². The molecule has 0 spiro atoms. The lowest BCUT2D eigenvalue weighted by Gasteiger charge is -2.11. The van der Waals surface area contributed by atoms with Gasteiger partial charge in [-0.05, 0) is 19.3 Å². The lowest BCUT2D eigenvalue weighted by atomic mass is 10.2. The lowest BCUT2D eigenvalue weighted by Crippen LogP contribution is -2.38. The minimum absolute atomic E-state index is 0.0838. The topological polar surface area (TPSA) is 71.8 Å². The summed E-state index contributed by atoms with van der Waals surface area (Å²) in [5.41, 5.74) is 0. The summed E-state index contributed by atoms with van der Waals surface area (Å²) in [4.78, 5) is 11.6. The van der Waals surface area contributed by atoms with Crippen LogP contribution in [0.3, 0.4) is 0 Å². The standard InChI is InChI=1S/C12H21N5O/c18-12(10-14-11-4-1-2-5-11)13-6-3-8-17-9-7-15-16-17/h7,9,11,14H,1-6,8,10H2,(H,13,18). The average molecular weight is 251 g/mol. The van der Waals surface area contributed by atoms with Crippen LogP contribution >= 0.6 is 0 Å². The highest BCUT2D eigenvalue weighted by Gasteiger charge is 2.14. The predicted molar refractivity (Wildman–Crippen MR) is 67.9 cm³/mol. The summed E-state index contributed by atoms with van der Waals surface area (Å²) in [6.45, 7) is 1.91. The summed E-state index contributed by atoms with van der Waals surface area (Å²) >= 11 is 0.